The highest BCUT2D eigenvalue weighted by molar-refractivity contribution is 7.15. The first kappa shape index (κ1) is 17.4. The highest BCUT2D eigenvalue weighted by atomic mass is 32.1. The van der Waals surface area contributed by atoms with E-state index in [0.717, 1.165) is 28.5 Å². The van der Waals surface area contributed by atoms with Gasteiger partial charge in [0.1, 0.15) is 11.5 Å². The number of hydrogen-bond donors (Lipinski definition) is 1. The Morgan fingerprint density at radius 1 is 1.37 bits per heavy atom. The van der Waals surface area contributed by atoms with Crippen LogP contribution in [-0.2, 0) is 4.79 Å². The third-order valence-electron chi connectivity index (χ3n) is 4.36. The predicted molar refractivity (Wildman–Crippen MR) is 104 cm³/mol. The number of carbonyl (C=O) groups is 1. The first-order chi connectivity index (χ1) is 13.2. The zero-order chi connectivity index (χ0) is 18.6. The lowest BCUT2D eigenvalue weighted by atomic mass is 10.1. The Morgan fingerprint density at radius 2 is 2.26 bits per heavy atom. The van der Waals surface area contributed by atoms with Crippen LogP contribution in [0.5, 0.6) is 0 Å². The number of amides is 1. The van der Waals surface area contributed by atoms with E-state index in [-0.39, 0.29) is 11.9 Å². The second-order valence-electron chi connectivity index (χ2n) is 6.23. The molecule has 138 valence electrons. The van der Waals surface area contributed by atoms with E-state index in [0.29, 0.717) is 18.1 Å². The maximum Gasteiger partial charge on any atom is 0.247 e. The summed E-state index contributed by atoms with van der Waals surface area (Å²) in [6.07, 6.45) is 11.7. The van der Waals surface area contributed by atoms with Gasteiger partial charge in [-0.05, 0) is 38.0 Å². The number of hydrogen-bond acceptors (Lipinski definition) is 7. The summed E-state index contributed by atoms with van der Waals surface area (Å²) >= 11 is 1.56. The number of aryl methyl sites for hydroxylation is 1. The van der Waals surface area contributed by atoms with E-state index >= 15 is 0 Å². The first-order valence-corrected chi connectivity index (χ1v) is 9.55. The fraction of sp³-hybridized carbons (Fsp3) is 0.263. The number of nitrogens with zero attached hydrogens (tertiary/aromatic N) is 4. The van der Waals surface area contributed by atoms with Crippen LogP contribution in [0.4, 0.5) is 10.9 Å². The molecule has 1 atom stereocenters. The molecule has 0 spiro atoms. The molecule has 0 aliphatic carbocycles. The van der Waals surface area contributed by atoms with Crippen LogP contribution in [0.15, 0.2) is 47.5 Å². The molecular formula is C19H19N5O2S. The number of nitrogens with one attached hydrogen (secondary N) is 1. The van der Waals surface area contributed by atoms with Crippen molar-refractivity contribution in [3.05, 3.63) is 59.4 Å². The Bertz CT molecular complexity index is 951. The normalized spacial score (nSPS) is 16.9. The van der Waals surface area contributed by atoms with Gasteiger partial charge in [0.25, 0.3) is 0 Å². The highest BCUT2D eigenvalue weighted by Gasteiger charge is 2.32. The van der Waals surface area contributed by atoms with Crippen molar-refractivity contribution in [2.24, 2.45) is 0 Å². The summed E-state index contributed by atoms with van der Waals surface area (Å²) in [6.45, 7) is 2.70. The SMILES string of the molecule is Cc1cnc(Nc2nccnc2[C@H]2CCCN2C(=O)/C=C/c2ccco2)s1. The van der Waals surface area contributed by atoms with Crippen molar-refractivity contribution in [1.82, 2.24) is 19.9 Å². The smallest absolute Gasteiger partial charge is 0.247 e. The van der Waals surface area contributed by atoms with Gasteiger partial charge in [-0.25, -0.2) is 9.97 Å². The van der Waals surface area contributed by atoms with Crippen molar-refractivity contribution >= 4 is 34.3 Å². The quantitative estimate of drug-likeness (QED) is 0.674. The van der Waals surface area contributed by atoms with Gasteiger partial charge in [0.15, 0.2) is 10.9 Å². The maximum atomic E-state index is 12.7. The van der Waals surface area contributed by atoms with Crippen molar-refractivity contribution in [2.45, 2.75) is 25.8 Å². The minimum Gasteiger partial charge on any atom is -0.465 e. The third-order valence-corrected chi connectivity index (χ3v) is 5.19. The Labute approximate surface area is 160 Å². The number of furan rings is 1. The van der Waals surface area contributed by atoms with Gasteiger partial charge >= 0.3 is 0 Å². The van der Waals surface area contributed by atoms with Gasteiger partial charge in [-0.1, -0.05) is 0 Å². The number of carbonyl (C=O) groups excluding carboxylic acids is 1. The monoisotopic (exact) mass is 381 g/mol. The lowest BCUT2D eigenvalue weighted by Gasteiger charge is -2.24. The molecule has 1 fully saturated rings. The van der Waals surface area contributed by atoms with Gasteiger partial charge in [0, 0.05) is 36.1 Å². The minimum absolute atomic E-state index is 0.0596. The molecule has 0 saturated carbocycles. The standard InChI is InChI=1S/C19H19N5O2S/c1-13-12-22-19(27-13)23-18-17(20-8-9-21-18)15-5-2-10-24(15)16(25)7-6-14-4-3-11-26-14/h3-4,6-9,11-12,15H,2,5,10H2,1H3,(H,21,22,23)/b7-6+/t15-/m1/s1. The molecule has 0 aromatic carbocycles. The van der Waals surface area contributed by atoms with Crippen LogP contribution in [0.25, 0.3) is 6.08 Å². The van der Waals surface area contributed by atoms with E-state index in [4.69, 9.17) is 4.42 Å². The van der Waals surface area contributed by atoms with Crippen LogP contribution in [0.1, 0.15) is 35.2 Å². The molecule has 0 unspecified atom stereocenters. The topological polar surface area (TPSA) is 84.2 Å². The van der Waals surface area contributed by atoms with E-state index in [9.17, 15) is 4.79 Å². The second-order valence-corrected chi connectivity index (χ2v) is 7.46. The van der Waals surface area contributed by atoms with Crippen molar-refractivity contribution in [1.29, 1.82) is 0 Å². The van der Waals surface area contributed by atoms with Crippen LogP contribution in [0, 0.1) is 6.92 Å². The van der Waals surface area contributed by atoms with E-state index < -0.39 is 0 Å². The van der Waals surface area contributed by atoms with Crippen molar-refractivity contribution < 1.29 is 9.21 Å². The van der Waals surface area contributed by atoms with Crippen LogP contribution in [0.2, 0.25) is 0 Å². The van der Waals surface area contributed by atoms with Crippen molar-refractivity contribution in [2.75, 3.05) is 11.9 Å². The Balaban J connectivity index is 1.56. The van der Waals surface area contributed by atoms with Gasteiger partial charge in [-0.3, -0.25) is 9.78 Å². The predicted octanol–water partition coefficient (Wildman–Crippen LogP) is 3.96. The largest absolute Gasteiger partial charge is 0.465 e. The lowest BCUT2D eigenvalue weighted by molar-refractivity contribution is -0.126. The zero-order valence-corrected chi connectivity index (χ0v) is 15.6. The Morgan fingerprint density at radius 3 is 3.04 bits per heavy atom. The summed E-state index contributed by atoms with van der Waals surface area (Å²) in [6, 6.07) is 3.49. The second kappa shape index (κ2) is 7.71. The van der Waals surface area contributed by atoms with Crippen LogP contribution < -0.4 is 5.32 Å². The van der Waals surface area contributed by atoms with E-state index in [1.165, 1.54) is 0 Å². The average Bonchev–Trinajstić information content (AvgIpc) is 3.42. The van der Waals surface area contributed by atoms with Crippen LogP contribution in [-0.4, -0.2) is 32.3 Å². The summed E-state index contributed by atoms with van der Waals surface area (Å²) in [5.41, 5.74) is 0.766. The molecule has 4 rings (SSSR count). The molecule has 1 N–H and O–H groups in total. The molecule has 1 amide bonds. The van der Waals surface area contributed by atoms with Crippen LogP contribution in [0.3, 0.4) is 0 Å². The van der Waals surface area contributed by atoms with Gasteiger partial charge in [-0.2, -0.15) is 0 Å². The lowest BCUT2D eigenvalue weighted by Crippen LogP contribution is -2.30. The Kier molecular flexibility index (Phi) is 4.97. The molecule has 4 heterocycles. The average molecular weight is 381 g/mol. The fourth-order valence-corrected chi connectivity index (χ4v) is 3.82. The van der Waals surface area contributed by atoms with Gasteiger partial charge in [0.2, 0.25) is 5.91 Å². The molecule has 0 bridgehead atoms. The van der Waals surface area contributed by atoms with E-state index in [1.54, 1.807) is 48.2 Å². The molecule has 8 heteroatoms. The molecule has 0 radical (unpaired) electrons. The highest BCUT2D eigenvalue weighted by Crippen LogP contribution is 2.35. The number of anilines is 2. The molecule has 3 aromatic heterocycles. The van der Waals surface area contributed by atoms with E-state index in [1.807, 2.05) is 24.1 Å². The number of likely N-dealkylation sites (tertiary alicyclic amines) is 1. The van der Waals surface area contributed by atoms with Crippen molar-refractivity contribution in [3.63, 3.8) is 0 Å². The van der Waals surface area contributed by atoms with Gasteiger partial charge < -0.3 is 14.6 Å². The van der Waals surface area contributed by atoms with Crippen LogP contribution >= 0.6 is 11.3 Å². The first-order valence-electron chi connectivity index (χ1n) is 8.73. The molecule has 7 nitrogen and oxygen atoms in total. The fourth-order valence-electron chi connectivity index (χ4n) is 3.15. The molecular weight excluding hydrogens is 362 g/mol. The summed E-state index contributed by atoms with van der Waals surface area (Å²) in [5, 5.41) is 4.01. The third kappa shape index (κ3) is 3.90. The van der Waals surface area contributed by atoms with Crippen molar-refractivity contribution in [3.8, 4) is 0 Å². The summed E-state index contributed by atoms with van der Waals surface area (Å²) in [4.78, 5) is 28.9. The van der Waals surface area contributed by atoms with E-state index in [2.05, 4.69) is 20.3 Å². The molecule has 27 heavy (non-hydrogen) atoms. The maximum absolute atomic E-state index is 12.7. The van der Waals surface area contributed by atoms with Gasteiger partial charge in [0.05, 0.1) is 12.3 Å². The van der Waals surface area contributed by atoms with Gasteiger partial charge in [-0.15, -0.1) is 11.3 Å². The zero-order valence-electron chi connectivity index (χ0n) is 14.8. The number of aromatic nitrogens is 3. The molecule has 3 aromatic rings. The minimum atomic E-state index is -0.115. The summed E-state index contributed by atoms with van der Waals surface area (Å²) in [7, 11) is 0. The molecule has 1 saturated heterocycles. The summed E-state index contributed by atoms with van der Waals surface area (Å²) in [5.74, 6) is 1.24. The summed E-state index contributed by atoms with van der Waals surface area (Å²) < 4.78 is 5.25. The molecule has 1 aliphatic heterocycles. The Hall–Kier alpha value is -3.00. The number of rotatable bonds is 5. The molecule has 1 aliphatic rings. The number of thiazole rings is 1.